The summed E-state index contributed by atoms with van der Waals surface area (Å²) in [5, 5.41) is 7.40. The Bertz CT molecular complexity index is 1910. The zero-order valence-corrected chi connectivity index (χ0v) is 23.1. The van der Waals surface area contributed by atoms with Crippen LogP contribution >= 0.6 is 23.2 Å². The van der Waals surface area contributed by atoms with Gasteiger partial charge in [-0.05, 0) is 42.8 Å². The Morgan fingerprint density at radius 1 is 0.900 bits per heavy atom. The molecule has 196 valence electrons. The van der Waals surface area contributed by atoms with Crippen LogP contribution in [-0.4, -0.2) is 21.7 Å². The summed E-state index contributed by atoms with van der Waals surface area (Å²) in [7, 11) is 0. The first kappa shape index (κ1) is 25.8. The third kappa shape index (κ3) is 4.97. The van der Waals surface area contributed by atoms with Crippen molar-refractivity contribution in [2.24, 2.45) is 5.10 Å². The predicted molar refractivity (Wildman–Crippen MR) is 164 cm³/mol. The third-order valence-corrected chi connectivity index (χ3v) is 7.60. The molecule has 0 atom stereocenters. The first-order chi connectivity index (χ1) is 19.5. The number of nitrogens with zero attached hydrogens (tertiary/aromatic N) is 3. The maximum Gasteiger partial charge on any atom is 0.272 e. The standard InChI is InChI=1S/C33H24Cl2N4O/c1-21-28(26-12-6-8-14-32(26)39(21)20-23-15-16-24(34)17-29(23)35)19-36-38-33(40)27-18-31(22-9-3-2-4-10-22)37-30-13-7-5-11-25(27)30/h2-19H,20H2,1H3,(H,38,40)/b36-19-. The van der Waals surface area contributed by atoms with Crippen molar-refractivity contribution in [2.45, 2.75) is 13.5 Å². The predicted octanol–water partition coefficient (Wildman–Crippen LogP) is 8.28. The van der Waals surface area contributed by atoms with Gasteiger partial charge in [0.25, 0.3) is 5.91 Å². The zero-order valence-electron chi connectivity index (χ0n) is 21.6. The van der Waals surface area contributed by atoms with E-state index in [1.807, 2.05) is 97.9 Å². The molecule has 0 fully saturated rings. The second-order valence-electron chi connectivity index (χ2n) is 9.48. The van der Waals surface area contributed by atoms with E-state index in [0.717, 1.165) is 49.9 Å². The summed E-state index contributed by atoms with van der Waals surface area (Å²) in [6, 6.07) is 32.9. The number of halogens is 2. The second-order valence-corrected chi connectivity index (χ2v) is 10.3. The summed E-state index contributed by atoms with van der Waals surface area (Å²) in [6.07, 6.45) is 1.71. The van der Waals surface area contributed by atoms with Gasteiger partial charge < -0.3 is 4.57 Å². The fraction of sp³-hybridized carbons (Fsp3) is 0.0606. The van der Waals surface area contributed by atoms with E-state index < -0.39 is 0 Å². The van der Waals surface area contributed by atoms with E-state index >= 15 is 0 Å². The molecule has 0 saturated carbocycles. The zero-order chi connectivity index (χ0) is 27.6. The highest BCUT2D eigenvalue weighted by Gasteiger charge is 2.16. The van der Waals surface area contributed by atoms with E-state index in [4.69, 9.17) is 28.2 Å². The Kier molecular flexibility index (Phi) is 7.08. The number of aromatic nitrogens is 2. The quantitative estimate of drug-likeness (QED) is 0.164. The molecule has 0 saturated heterocycles. The van der Waals surface area contributed by atoms with Crippen LogP contribution in [-0.2, 0) is 6.54 Å². The Hall–Kier alpha value is -4.45. The van der Waals surface area contributed by atoms with Crippen LogP contribution in [0.4, 0.5) is 0 Å². The number of carbonyl (C=O) groups is 1. The van der Waals surface area contributed by atoms with E-state index in [0.29, 0.717) is 22.2 Å². The Morgan fingerprint density at radius 2 is 1.62 bits per heavy atom. The summed E-state index contributed by atoms with van der Waals surface area (Å²) < 4.78 is 2.19. The molecule has 5 nitrogen and oxygen atoms in total. The molecule has 1 amide bonds. The Morgan fingerprint density at radius 3 is 2.42 bits per heavy atom. The third-order valence-electron chi connectivity index (χ3n) is 7.01. The molecule has 0 aliphatic carbocycles. The van der Waals surface area contributed by atoms with Gasteiger partial charge in [0, 0.05) is 49.7 Å². The molecule has 2 aromatic heterocycles. The van der Waals surface area contributed by atoms with Crippen LogP contribution in [0.15, 0.2) is 108 Å². The van der Waals surface area contributed by atoms with Gasteiger partial charge in [0.15, 0.2) is 0 Å². The van der Waals surface area contributed by atoms with Gasteiger partial charge in [-0.15, -0.1) is 0 Å². The molecule has 1 N–H and O–H groups in total. The van der Waals surface area contributed by atoms with Crippen LogP contribution in [0.3, 0.4) is 0 Å². The summed E-state index contributed by atoms with van der Waals surface area (Å²) in [5.74, 6) is -0.304. The first-order valence-corrected chi connectivity index (χ1v) is 13.6. The Labute approximate surface area is 241 Å². The molecule has 4 aromatic carbocycles. The molecule has 0 radical (unpaired) electrons. The van der Waals surface area contributed by atoms with Crippen LogP contribution in [0, 0.1) is 6.92 Å². The Balaban J connectivity index is 1.33. The monoisotopic (exact) mass is 562 g/mol. The van der Waals surface area contributed by atoms with Gasteiger partial charge in [-0.1, -0.05) is 96.0 Å². The molecule has 7 heteroatoms. The summed E-state index contributed by atoms with van der Waals surface area (Å²) in [4.78, 5) is 18.2. The van der Waals surface area contributed by atoms with Crippen molar-refractivity contribution in [3.63, 3.8) is 0 Å². The fourth-order valence-electron chi connectivity index (χ4n) is 4.98. The fourth-order valence-corrected chi connectivity index (χ4v) is 5.45. The first-order valence-electron chi connectivity index (χ1n) is 12.8. The number of para-hydroxylation sites is 2. The minimum absolute atomic E-state index is 0.304. The largest absolute Gasteiger partial charge is 0.340 e. The van der Waals surface area contributed by atoms with E-state index in [1.54, 1.807) is 12.3 Å². The number of nitrogens with one attached hydrogen (secondary N) is 1. The van der Waals surface area contributed by atoms with Gasteiger partial charge in [-0.2, -0.15) is 5.10 Å². The molecule has 2 heterocycles. The summed E-state index contributed by atoms with van der Waals surface area (Å²) >= 11 is 12.6. The number of pyridine rings is 1. The maximum atomic E-state index is 13.4. The van der Waals surface area contributed by atoms with Crippen LogP contribution < -0.4 is 5.43 Å². The number of carbonyl (C=O) groups excluding carboxylic acids is 1. The second kappa shape index (κ2) is 11.0. The number of hydrogen-bond donors (Lipinski definition) is 1. The average Bonchev–Trinajstić information content (AvgIpc) is 3.24. The summed E-state index contributed by atoms with van der Waals surface area (Å²) in [6.45, 7) is 2.61. The molecule has 0 aliphatic rings. The van der Waals surface area contributed by atoms with Crippen molar-refractivity contribution in [3.8, 4) is 11.3 Å². The van der Waals surface area contributed by atoms with Gasteiger partial charge >= 0.3 is 0 Å². The van der Waals surface area contributed by atoms with Crippen molar-refractivity contribution >= 4 is 57.1 Å². The molecule has 6 aromatic rings. The van der Waals surface area contributed by atoms with Crippen molar-refractivity contribution in [2.75, 3.05) is 0 Å². The van der Waals surface area contributed by atoms with E-state index in [1.165, 1.54) is 0 Å². The van der Waals surface area contributed by atoms with Crippen LogP contribution in [0.25, 0.3) is 33.1 Å². The van der Waals surface area contributed by atoms with Gasteiger partial charge in [-0.25, -0.2) is 10.4 Å². The number of rotatable bonds is 6. The van der Waals surface area contributed by atoms with Crippen LogP contribution in [0.5, 0.6) is 0 Å². The van der Waals surface area contributed by atoms with Crippen molar-refractivity contribution in [1.29, 1.82) is 0 Å². The lowest BCUT2D eigenvalue weighted by molar-refractivity contribution is 0.0956. The molecule has 0 aliphatic heterocycles. The lowest BCUT2D eigenvalue weighted by Crippen LogP contribution is -2.18. The van der Waals surface area contributed by atoms with Gasteiger partial charge in [0.2, 0.25) is 0 Å². The maximum absolute atomic E-state index is 13.4. The molecule has 6 rings (SSSR count). The molecule has 40 heavy (non-hydrogen) atoms. The van der Waals surface area contributed by atoms with Crippen molar-refractivity contribution in [1.82, 2.24) is 15.0 Å². The smallest absolute Gasteiger partial charge is 0.272 e. The number of amides is 1. The minimum Gasteiger partial charge on any atom is -0.340 e. The van der Waals surface area contributed by atoms with Gasteiger partial charge in [0.1, 0.15) is 0 Å². The molecule has 0 spiro atoms. The topological polar surface area (TPSA) is 59.3 Å². The highest BCUT2D eigenvalue weighted by atomic mass is 35.5. The van der Waals surface area contributed by atoms with Crippen LogP contribution in [0.2, 0.25) is 10.0 Å². The number of hydrazone groups is 1. The number of hydrogen-bond acceptors (Lipinski definition) is 3. The minimum atomic E-state index is -0.304. The average molecular weight is 563 g/mol. The van der Waals surface area contributed by atoms with Crippen molar-refractivity contribution in [3.05, 3.63) is 136 Å². The molecular formula is C33H24Cl2N4O. The lowest BCUT2D eigenvalue weighted by atomic mass is 10.0. The van der Waals surface area contributed by atoms with E-state index in [-0.39, 0.29) is 5.91 Å². The highest BCUT2D eigenvalue weighted by molar-refractivity contribution is 6.35. The van der Waals surface area contributed by atoms with Crippen molar-refractivity contribution < 1.29 is 4.79 Å². The van der Waals surface area contributed by atoms with Gasteiger partial charge in [0.05, 0.1) is 23.0 Å². The molecular weight excluding hydrogens is 539 g/mol. The van der Waals surface area contributed by atoms with E-state index in [2.05, 4.69) is 21.2 Å². The normalized spacial score (nSPS) is 11.5. The number of fused-ring (bicyclic) bond motifs is 2. The van der Waals surface area contributed by atoms with E-state index in [9.17, 15) is 4.79 Å². The SMILES string of the molecule is Cc1c(/C=N\NC(=O)c2cc(-c3ccccc3)nc3ccccc23)c2ccccc2n1Cc1ccc(Cl)cc1Cl. The highest BCUT2D eigenvalue weighted by Crippen LogP contribution is 2.29. The molecule has 0 unspecified atom stereocenters. The van der Waals surface area contributed by atoms with Gasteiger partial charge in [-0.3, -0.25) is 4.79 Å². The molecule has 0 bridgehead atoms. The lowest BCUT2D eigenvalue weighted by Gasteiger charge is -2.10. The number of benzene rings is 4. The van der Waals surface area contributed by atoms with Crippen LogP contribution in [0.1, 0.15) is 27.2 Å². The summed E-state index contributed by atoms with van der Waals surface area (Å²) in [5.41, 5.74) is 9.61.